The van der Waals surface area contributed by atoms with Crippen LogP contribution in [0.5, 0.6) is 0 Å². The quantitative estimate of drug-likeness (QED) is 0.452. The van der Waals surface area contributed by atoms with Crippen LogP contribution in [0.1, 0.15) is 12.8 Å². The molecule has 1 rings (SSSR count). The molecule has 35 valence electrons. The second-order valence-corrected chi connectivity index (χ2v) is 1.79. The fraction of sp³-hybridized carbons (Fsp3) is 0.800. The predicted octanol–water partition coefficient (Wildman–Crippen LogP) is 0.572. The molecule has 1 atom stereocenters. The van der Waals surface area contributed by atoms with Crippen molar-refractivity contribution < 1.29 is 0 Å². The summed E-state index contributed by atoms with van der Waals surface area (Å²) in [4.78, 5) is 0. The van der Waals surface area contributed by atoms with Crippen LogP contribution in [0.15, 0.2) is 0 Å². The van der Waals surface area contributed by atoms with E-state index in [0.717, 1.165) is 0 Å². The third-order valence-corrected chi connectivity index (χ3v) is 1.16. The van der Waals surface area contributed by atoms with Crippen molar-refractivity contribution in [2.75, 3.05) is 6.54 Å². The van der Waals surface area contributed by atoms with E-state index < -0.39 is 0 Å². The molecule has 1 saturated heterocycles. The molecule has 0 aliphatic carbocycles. The van der Waals surface area contributed by atoms with E-state index in [-0.39, 0.29) is 0 Å². The molecular formula is C5H10N. The number of hydrogen-bond acceptors (Lipinski definition) is 1. The van der Waals surface area contributed by atoms with E-state index in [4.69, 9.17) is 0 Å². The van der Waals surface area contributed by atoms with Gasteiger partial charge in [0, 0.05) is 6.04 Å². The van der Waals surface area contributed by atoms with E-state index in [2.05, 4.69) is 12.2 Å². The van der Waals surface area contributed by atoms with Gasteiger partial charge in [-0.25, -0.2) is 0 Å². The molecule has 1 radical (unpaired) electrons. The molecule has 0 aromatic heterocycles. The van der Waals surface area contributed by atoms with Gasteiger partial charge in [-0.1, -0.05) is 0 Å². The van der Waals surface area contributed by atoms with Crippen molar-refractivity contribution in [1.29, 1.82) is 0 Å². The second kappa shape index (κ2) is 1.61. The Labute approximate surface area is 38.7 Å². The number of hydrogen-bond donors (Lipinski definition) is 1. The summed E-state index contributed by atoms with van der Waals surface area (Å²) in [7, 11) is 0. The normalized spacial score (nSPS) is 34.5. The summed E-state index contributed by atoms with van der Waals surface area (Å²) in [6, 6.07) is 0.546. The van der Waals surface area contributed by atoms with Crippen molar-refractivity contribution in [3.05, 3.63) is 6.92 Å². The Balaban J connectivity index is 2.18. The molecule has 1 heteroatoms. The van der Waals surface area contributed by atoms with Crippen LogP contribution in [0.4, 0.5) is 0 Å². The van der Waals surface area contributed by atoms with Gasteiger partial charge in [0.15, 0.2) is 0 Å². The van der Waals surface area contributed by atoms with Gasteiger partial charge in [-0.05, 0) is 26.3 Å². The summed E-state index contributed by atoms with van der Waals surface area (Å²) < 4.78 is 0. The Bertz CT molecular complexity index is 37.2. The molecule has 0 bridgehead atoms. The van der Waals surface area contributed by atoms with Crippen LogP contribution in [-0.2, 0) is 0 Å². The van der Waals surface area contributed by atoms with Crippen molar-refractivity contribution >= 4 is 0 Å². The van der Waals surface area contributed by atoms with Crippen molar-refractivity contribution in [2.45, 2.75) is 18.9 Å². The number of rotatable bonds is 0. The maximum atomic E-state index is 3.83. The van der Waals surface area contributed by atoms with Gasteiger partial charge in [0.1, 0.15) is 0 Å². The zero-order valence-electron chi connectivity index (χ0n) is 3.91. The summed E-state index contributed by atoms with van der Waals surface area (Å²) in [5.74, 6) is 0. The first-order valence-corrected chi connectivity index (χ1v) is 2.46. The van der Waals surface area contributed by atoms with E-state index in [9.17, 15) is 0 Å². The highest BCUT2D eigenvalue weighted by molar-refractivity contribution is 4.74. The Kier molecular flexibility index (Phi) is 1.10. The van der Waals surface area contributed by atoms with E-state index in [1.807, 2.05) is 0 Å². The van der Waals surface area contributed by atoms with Crippen LogP contribution in [0.25, 0.3) is 0 Å². The summed E-state index contributed by atoms with van der Waals surface area (Å²) >= 11 is 0. The first-order chi connectivity index (χ1) is 2.89. The largest absolute Gasteiger partial charge is 0.314 e. The fourth-order valence-corrected chi connectivity index (χ4v) is 0.757. The lowest BCUT2D eigenvalue weighted by molar-refractivity contribution is 0.724. The third kappa shape index (κ3) is 0.716. The molecule has 1 aliphatic heterocycles. The van der Waals surface area contributed by atoms with Gasteiger partial charge in [0.25, 0.3) is 0 Å². The standard InChI is InChI=1S/C5H10N/c1-5-3-2-4-6-5/h5-6H,1-4H2. The lowest BCUT2D eigenvalue weighted by atomic mass is 10.3. The van der Waals surface area contributed by atoms with Gasteiger partial charge in [-0.3, -0.25) is 0 Å². The minimum Gasteiger partial charge on any atom is -0.314 e. The highest BCUT2D eigenvalue weighted by atomic mass is 14.9. The maximum Gasteiger partial charge on any atom is 0.00681 e. The SMILES string of the molecule is [CH2]C1CCCN1. The van der Waals surface area contributed by atoms with Crippen molar-refractivity contribution in [3.8, 4) is 0 Å². The lowest BCUT2D eigenvalue weighted by Crippen LogP contribution is -2.16. The molecule has 1 unspecified atom stereocenters. The average molecular weight is 84.1 g/mol. The smallest absolute Gasteiger partial charge is 0.00681 e. The molecule has 1 N–H and O–H groups in total. The van der Waals surface area contributed by atoms with Crippen LogP contribution in [0.2, 0.25) is 0 Å². The van der Waals surface area contributed by atoms with Gasteiger partial charge >= 0.3 is 0 Å². The summed E-state index contributed by atoms with van der Waals surface area (Å²) in [6.45, 7) is 5.00. The van der Waals surface area contributed by atoms with E-state index in [1.165, 1.54) is 19.4 Å². The van der Waals surface area contributed by atoms with Crippen LogP contribution < -0.4 is 5.32 Å². The summed E-state index contributed by atoms with van der Waals surface area (Å²) in [5, 5.41) is 3.21. The van der Waals surface area contributed by atoms with Crippen molar-refractivity contribution in [1.82, 2.24) is 5.32 Å². The van der Waals surface area contributed by atoms with Gasteiger partial charge < -0.3 is 5.32 Å². The minimum absolute atomic E-state index is 0.546. The molecule has 1 aliphatic rings. The molecule has 0 aromatic rings. The molecule has 1 fully saturated rings. The highest BCUT2D eigenvalue weighted by Gasteiger charge is 2.05. The molecule has 0 amide bonds. The average Bonchev–Trinajstić information content (AvgIpc) is 1.86. The highest BCUT2D eigenvalue weighted by Crippen LogP contribution is 2.00. The molecule has 0 spiro atoms. The lowest BCUT2D eigenvalue weighted by Gasteiger charge is -1.94. The molecule has 1 heterocycles. The molecule has 1 nitrogen and oxygen atoms in total. The minimum atomic E-state index is 0.546. The van der Waals surface area contributed by atoms with Crippen molar-refractivity contribution in [3.63, 3.8) is 0 Å². The van der Waals surface area contributed by atoms with E-state index in [0.29, 0.717) is 6.04 Å². The second-order valence-electron chi connectivity index (χ2n) is 1.79. The van der Waals surface area contributed by atoms with Crippen molar-refractivity contribution in [2.24, 2.45) is 0 Å². The topological polar surface area (TPSA) is 12.0 Å². The predicted molar refractivity (Wildman–Crippen MR) is 26.4 cm³/mol. The van der Waals surface area contributed by atoms with Crippen LogP contribution >= 0.6 is 0 Å². The third-order valence-electron chi connectivity index (χ3n) is 1.16. The van der Waals surface area contributed by atoms with Crippen LogP contribution in [-0.4, -0.2) is 12.6 Å². The summed E-state index contributed by atoms with van der Waals surface area (Å²) in [5.41, 5.74) is 0. The molecular weight excluding hydrogens is 74.1 g/mol. The summed E-state index contributed by atoms with van der Waals surface area (Å²) in [6.07, 6.45) is 2.58. The molecule has 0 saturated carbocycles. The van der Waals surface area contributed by atoms with Gasteiger partial charge in [-0.15, -0.1) is 0 Å². The fourth-order valence-electron chi connectivity index (χ4n) is 0.757. The Morgan fingerprint density at radius 1 is 1.67 bits per heavy atom. The van der Waals surface area contributed by atoms with Crippen LogP contribution in [0.3, 0.4) is 0 Å². The molecule has 0 aromatic carbocycles. The van der Waals surface area contributed by atoms with Gasteiger partial charge in [0.05, 0.1) is 0 Å². The van der Waals surface area contributed by atoms with Gasteiger partial charge in [0.2, 0.25) is 0 Å². The zero-order valence-corrected chi connectivity index (χ0v) is 3.91. The Morgan fingerprint density at radius 3 is 2.67 bits per heavy atom. The first-order valence-electron chi connectivity index (χ1n) is 2.46. The zero-order chi connectivity index (χ0) is 4.41. The maximum absolute atomic E-state index is 3.83. The Hall–Kier alpha value is -0.0400. The monoisotopic (exact) mass is 84.1 g/mol. The first kappa shape index (κ1) is 4.13. The number of nitrogens with one attached hydrogen (secondary N) is 1. The Morgan fingerprint density at radius 2 is 2.50 bits per heavy atom. The van der Waals surface area contributed by atoms with E-state index in [1.54, 1.807) is 0 Å². The molecule has 6 heavy (non-hydrogen) atoms. The van der Waals surface area contributed by atoms with E-state index >= 15 is 0 Å². The van der Waals surface area contributed by atoms with Crippen LogP contribution in [0, 0.1) is 6.92 Å². The van der Waals surface area contributed by atoms with Gasteiger partial charge in [-0.2, -0.15) is 0 Å².